The minimum absolute atomic E-state index is 0.00665. The van der Waals surface area contributed by atoms with Crippen LogP contribution in [0.2, 0.25) is 5.02 Å². The molecule has 59 heavy (non-hydrogen) atoms. The highest BCUT2D eigenvalue weighted by molar-refractivity contribution is 7.23. The van der Waals surface area contributed by atoms with E-state index in [0.717, 1.165) is 56.5 Å². The number of hydrogen-bond donors (Lipinski definition) is 1. The molecule has 4 fully saturated rings. The molecule has 13 nitrogen and oxygen atoms in total. The van der Waals surface area contributed by atoms with Gasteiger partial charge in [0.2, 0.25) is 0 Å². The van der Waals surface area contributed by atoms with Crippen LogP contribution in [0, 0.1) is 23.0 Å². The van der Waals surface area contributed by atoms with Gasteiger partial charge in [0.05, 0.1) is 44.3 Å². The maximum absolute atomic E-state index is 17.7. The monoisotopic (exact) mass is 849 g/mol. The van der Waals surface area contributed by atoms with Gasteiger partial charge in [-0.3, -0.25) is 15.1 Å². The van der Waals surface area contributed by atoms with Gasteiger partial charge in [0.25, 0.3) is 0 Å². The lowest BCUT2D eigenvalue weighted by atomic mass is 9.95. The van der Waals surface area contributed by atoms with Gasteiger partial charge in [-0.15, -0.1) is 11.3 Å². The fourth-order valence-corrected chi connectivity index (χ4v) is 11.2. The number of carbonyl (C=O) groups excluding carboxylic acids is 2. The van der Waals surface area contributed by atoms with Crippen molar-refractivity contribution in [1.29, 1.82) is 5.26 Å². The molecule has 9 rings (SSSR count). The molecule has 4 saturated heterocycles. The van der Waals surface area contributed by atoms with E-state index in [1.54, 1.807) is 25.7 Å². The Balaban J connectivity index is 1.20. The number of carbonyl (C=O) groups is 2. The topological polar surface area (TPSA) is 142 Å². The zero-order chi connectivity index (χ0) is 41.8. The number of thiophene rings is 1. The Bertz CT molecular complexity index is 2450. The largest absolute Gasteiger partial charge is 0.489 e. The van der Waals surface area contributed by atoms with Gasteiger partial charge in [0.1, 0.15) is 52.6 Å². The molecule has 2 aromatic carbocycles. The van der Waals surface area contributed by atoms with E-state index >= 15 is 8.78 Å². The number of anilines is 2. The number of piperazine rings is 1. The number of nitrogens with one attached hydrogen (secondary N) is 1. The van der Waals surface area contributed by atoms with Crippen molar-refractivity contribution in [2.24, 2.45) is 0 Å². The number of rotatable bonds is 5. The predicted molar refractivity (Wildman–Crippen MR) is 220 cm³/mol. The Kier molecular flexibility index (Phi) is 9.56. The van der Waals surface area contributed by atoms with Gasteiger partial charge >= 0.3 is 18.2 Å². The van der Waals surface area contributed by atoms with Crippen molar-refractivity contribution in [2.75, 3.05) is 43.1 Å². The van der Waals surface area contributed by atoms with Crippen LogP contribution in [0.4, 0.5) is 29.2 Å². The molecule has 2 amide bonds. The second-order valence-electron chi connectivity index (χ2n) is 18.2. The van der Waals surface area contributed by atoms with E-state index in [0.29, 0.717) is 25.4 Å². The molecular formula is C42H46ClF2N7O6S. The lowest BCUT2D eigenvalue weighted by Gasteiger charge is -2.46. The van der Waals surface area contributed by atoms with Gasteiger partial charge in [0.15, 0.2) is 11.6 Å². The molecule has 5 aliphatic heterocycles. The second-order valence-corrected chi connectivity index (χ2v) is 19.6. The third kappa shape index (κ3) is 6.73. The molecule has 312 valence electrons. The first-order valence-corrected chi connectivity index (χ1v) is 21.3. The SMILES string of the molecule is CC(C)(C)OC(=O)Nc1sc2c(F)ccc(-c3c(Cl)c4c5c(nc(OCC67CCCN6CCC7)nc5c3F)N3C[C@H]5CC[C@@H]([C@H]3CO4)N5C(=O)OC(C)(C)C)c2c1C#N. The summed E-state index contributed by atoms with van der Waals surface area (Å²) in [5.41, 5.74) is -1.97. The molecule has 0 radical (unpaired) electrons. The van der Waals surface area contributed by atoms with Crippen molar-refractivity contribution in [3.8, 4) is 29.0 Å². The molecule has 5 aliphatic rings. The standard InChI is InChI=1S/C42H46ClF2N7O6S/c1-40(2,3)57-38(53)49-36-23(17-46)27-22(10-11-24(44)34(27)59-36)28-30(43)33-29-32(31(28)45)47-37(56-20-42-13-7-15-50(42)16-8-14-42)48-35(29)51-18-21-9-12-25(26(51)19-55-33)52(21)39(54)58-41(4,5)6/h10-11,21,25-26H,7-9,12-16,18-20H2,1-6H3,(H,49,53)/t21-,25+,26-/m1/s1. The van der Waals surface area contributed by atoms with Gasteiger partial charge < -0.3 is 23.8 Å². The van der Waals surface area contributed by atoms with Crippen molar-refractivity contribution in [2.45, 2.75) is 115 Å². The molecule has 2 aromatic heterocycles. The quantitative estimate of drug-likeness (QED) is 0.206. The smallest absolute Gasteiger partial charge is 0.412 e. The number of amides is 2. The molecule has 3 atom stereocenters. The van der Waals surface area contributed by atoms with Crippen LogP contribution in [-0.4, -0.2) is 99.7 Å². The molecule has 0 unspecified atom stereocenters. The fourth-order valence-electron chi connectivity index (χ4n) is 9.76. The Morgan fingerprint density at radius 1 is 1.05 bits per heavy atom. The van der Waals surface area contributed by atoms with E-state index in [-0.39, 0.29) is 83.7 Å². The number of nitriles is 1. The third-order valence-corrected chi connectivity index (χ3v) is 13.6. The number of nitrogens with zero attached hydrogens (tertiary/aromatic N) is 6. The van der Waals surface area contributed by atoms with E-state index in [9.17, 15) is 14.9 Å². The molecule has 0 saturated carbocycles. The van der Waals surface area contributed by atoms with Crippen LogP contribution < -0.4 is 19.7 Å². The first-order valence-electron chi connectivity index (χ1n) is 20.1. The summed E-state index contributed by atoms with van der Waals surface area (Å²) in [6.45, 7) is 13.3. The molecule has 4 aromatic rings. The number of halogens is 3. The number of hydrogen-bond acceptors (Lipinski definition) is 12. The minimum atomic E-state index is -0.843. The fraction of sp³-hybridized carbons (Fsp3) is 0.548. The summed E-state index contributed by atoms with van der Waals surface area (Å²) in [5, 5.41) is 13.2. The van der Waals surface area contributed by atoms with Crippen LogP contribution in [0.15, 0.2) is 12.1 Å². The molecule has 0 spiro atoms. The lowest BCUT2D eigenvalue weighted by molar-refractivity contribution is 0.00542. The zero-order valence-electron chi connectivity index (χ0n) is 33.8. The van der Waals surface area contributed by atoms with Gasteiger partial charge in [-0.25, -0.2) is 18.4 Å². The van der Waals surface area contributed by atoms with Crippen molar-refractivity contribution in [3.63, 3.8) is 0 Å². The predicted octanol–water partition coefficient (Wildman–Crippen LogP) is 9.02. The zero-order valence-corrected chi connectivity index (χ0v) is 35.4. The Morgan fingerprint density at radius 3 is 2.47 bits per heavy atom. The Morgan fingerprint density at radius 2 is 1.78 bits per heavy atom. The van der Waals surface area contributed by atoms with Gasteiger partial charge in [0, 0.05) is 17.5 Å². The van der Waals surface area contributed by atoms with Crippen molar-refractivity contribution >= 4 is 66.9 Å². The number of fused-ring (bicyclic) bond motifs is 7. The Hall–Kier alpha value is -4.72. The van der Waals surface area contributed by atoms with Crippen LogP contribution in [0.25, 0.3) is 32.1 Å². The Labute approximate surface area is 349 Å². The van der Waals surface area contributed by atoms with Gasteiger partial charge in [-0.05, 0) is 105 Å². The average Bonchev–Trinajstić information content (AvgIpc) is 3.89. The highest BCUT2D eigenvalue weighted by Gasteiger charge is 2.52. The van der Waals surface area contributed by atoms with E-state index in [1.165, 1.54) is 12.1 Å². The maximum Gasteiger partial charge on any atom is 0.412 e. The molecule has 1 N–H and O–H groups in total. The molecule has 0 aliphatic carbocycles. The summed E-state index contributed by atoms with van der Waals surface area (Å²) < 4.78 is 57.7. The summed E-state index contributed by atoms with van der Waals surface area (Å²) in [6.07, 6.45) is 4.26. The van der Waals surface area contributed by atoms with E-state index in [1.807, 2.05) is 20.8 Å². The summed E-state index contributed by atoms with van der Waals surface area (Å²) >= 11 is 8.09. The first-order chi connectivity index (χ1) is 28.0. The van der Waals surface area contributed by atoms with Crippen LogP contribution in [0.3, 0.4) is 0 Å². The summed E-state index contributed by atoms with van der Waals surface area (Å²) in [5.74, 6) is -1.03. The summed E-state index contributed by atoms with van der Waals surface area (Å²) in [4.78, 5) is 42.5. The summed E-state index contributed by atoms with van der Waals surface area (Å²) in [6, 6.07) is 3.67. The van der Waals surface area contributed by atoms with Crippen LogP contribution in [0.5, 0.6) is 11.8 Å². The van der Waals surface area contributed by atoms with E-state index in [2.05, 4.69) is 21.2 Å². The van der Waals surface area contributed by atoms with E-state index in [4.69, 9.17) is 40.5 Å². The third-order valence-electron chi connectivity index (χ3n) is 12.1. The highest BCUT2D eigenvalue weighted by atomic mass is 35.5. The van der Waals surface area contributed by atoms with Crippen molar-refractivity contribution in [1.82, 2.24) is 19.8 Å². The number of aromatic nitrogens is 2. The minimum Gasteiger partial charge on any atom is -0.489 e. The van der Waals surface area contributed by atoms with Gasteiger partial charge in [-0.1, -0.05) is 17.7 Å². The molecule has 2 bridgehead atoms. The normalized spacial score (nSPS) is 22.1. The number of benzene rings is 2. The van der Waals surface area contributed by atoms with Crippen LogP contribution in [-0.2, 0) is 9.47 Å². The molecule has 7 heterocycles. The number of ether oxygens (including phenoxy) is 4. The van der Waals surface area contributed by atoms with Crippen LogP contribution in [0.1, 0.15) is 85.6 Å². The molecule has 17 heteroatoms. The van der Waals surface area contributed by atoms with Gasteiger partial charge in [-0.2, -0.15) is 15.2 Å². The summed E-state index contributed by atoms with van der Waals surface area (Å²) in [7, 11) is 0. The highest BCUT2D eigenvalue weighted by Crippen LogP contribution is 2.53. The second kappa shape index (κ2) is 14.2. The van der Waals surface area contributed by atoms with Crippen molar-refractivity contribution < 1.29 is 37.3 Å². The molecular weight excluding hydrogens is 804 g/mol. The average molecular weight is 850 g/mol. The lowest BCUT2D eigenvalue weighted by Crippen LogP contribution is -2.63. The van der Waals surface area contributed by atoms with E-state index < -0.39 is 41.1 Å². The van der Waals surface area contributed by atoms with Crippen LogP contribution >= 0.6 is 22.9 Å². The van der Waals surface area contributed by atoms with Crippen molar-refractivity contribution in [3.05, 3.63) is 34.4 Å². The first kappa shape index (κ1) is 39.7. The maximum atomic E-state index is 17.7.